The van der Waals surface area contributed by atoms with Gasteiger partial charge in [0, 0.05) is 6.42 Å². The molecule has 0 radical (unpaired) electrons. The van der Waals surface area contributed by atoms with Crippen molar-refractivity contribution in [2.75, 3.05) is 6.16 Å². The molecule has 0 N–H and O–H groups in total. The molecule has 3 rings (SSSR count). The van der Waals surface area contributed by atoms with Crippen molar-refractivity contribution < 1.29 is 0 Å². The number of hydrogen-bond acceptors (Lipinski definition) is 0. The highest BCUT2D eigenvalue weighted by Gasteiger charge is 2.44. The zero-order valence-corrected chi connectivity index (χ0v) is 16.3. The first-order valence-electron chi connectivity index (χ1n) is 9.11. The lowest BCUT2D eigenvalue weighted by molar-refractivity contribution is 1.20. The second-order valence-electron chi connectivity index (χ2n) is 6.48. The fraction of sp³-hybridized carbons (Fsp3) is 0.120. The van der Waals surface area contributed by atoms with E-state index in [0.29, 0.717) is 0 Å². The van der Waals surface area contributed by atoms with Crippen molar-refractivity contribution in [3.8, 4) is 0 Å². The maximum absolute atomic E-state index is 3.89. The monoisotopic (exact) mass is 357 g/mol. The summed E-state index contributed by atoms with van der Waals surface area (Å²) >= 11 is 0. The minimum atomic E-state index is -1.70. The Kier molecular flexibility index (Phi) is 6.21. The molecule has 130 valence electrons. The van der Waals surface area contributed by atoms with E-state index in [0.717, 1.165) is 12.6 Å². The van der Waals surface area contributed by atoms with Crippen LogP contribution in [0.4, 0.5) is 0 Å². The van der Waals surface area contributed by atoms with Gasteiger partial charge >= 0.3 is 0 Å². The number of rotatable bonds is 7. The minimum absolute atomic E-state index is 1.05. The lowest BCUT2D eigenvalue weighted by Gasteiger charge is -2.27. The first-order chi connectivity index (χ1) is 12.8. The number of allylic oxidation sites excluding steroid dienone is 3. The van der Waals surface area contributed by atoms with Crippen LogP contribution in [0, 0.1) is 0 Å². The molecule has 0 aromatic heterocycles. The summed E-state index contributed by atoms with van der Waals surface area (Å²) in [5.74, 6) is 0. The summed E-state index contributed by atoms with van der Waals surface area (Å²) in [6.45, 7) is 6.02. The Morgan fingerprint density at radius 2 is 1.12 bits per heavy atom. The molecule has 0 heterocycles. The third-order valence-electron chi connectivity index (χ3n) is 4.84. The van der Waals surface area contributed by atoms with Gasteiger partial charge in [-0.2, -0.15) is 0 Å². The van der Waals surface area contributed by atoms with Crippen molar-refractivity contribution in [1.82, 2.24) is 0 Å². The van der Waals surface area contributed by atoms with Crippen LogP contribution >= 0.6 is 7.26 Å². The number of hydrogen-bond donors (Lipinski definition) is 0. The zero-order valence-electron chi connectivity index (χ0n) is 15.4. The summed E-state index contributed by atoms with van der Waals surface area (Å²) in [5, 5.41) is 4.34. The highest BCUT2D eigenvalue weighted by Crippen LogP contribution is 2.55. The summed E-state index contributed by atoms with van der Waals surface area (Å²) < 4.78 is 0. The predicted molar refractivity (Wildman–Crippen MR) is 119 cm³/mol. The van der Waals surface area contributed by atoms with Crippen molar-refractivity contribution in [2.45, 2.75) is 13.3 Å². The Morgan fingerprint density at radius 3 is 1.46 bits per heavy atom. The Labute approximate surface area is 158 Å². The molecule has 0 bridgehead atoms. The van der Waals surface area contributed by atoms with Gasteiger partial charge in [0.1, 0.15) is 23.2 Å². The molecule has 0 spiro atoms. The standard InChI is InChI=1S/C25H26P/c1-3-22(2)14-13-21-26(23-15-7-4-8-16-23,24-17-9-5-10-18-24)25-19-11-6-12-20-25/h3-12,14-20H,1,13,21H2,2H3/q+1. The van der Waals surface area contributed by atoms with E-state index in [9.17, 15) is 0 Å². The fourth-order valence-corrected chi connectivity index (χ4v) is 7.68. The van der Waals surface area contributed by atoms with E-state index in [1.165, 1.54) is 21.5 Å². The van der Waals surface area contributed by atoms with Crippen LogP contribution in [0.5, 0.6) is 0 Å². The van der Waals surface area contributed by atoms with Crippen molar-refractivity contribution in [3.05, 3.63) is 115 Å². The smallest absolute Gasteiger partial charge is 0.0988 e. The molecule has 0 amide bonds. The molecule has 1 heteroatoms. The summed E-state index contributed by atoms with van der Waals surface area (Å²) in [6, 6.07) is 33.1. The summed E-state index contributed by atoms with van der Waals surface area (Å²) in [5.41, 5.74) is 1.25. The van der Waals surface area contributed by atoms with Crippen molar-refractivity contribution in [1.29, 1.82) is 0 Å². The third kappa shape index (κ3) is 3.87. The van der Waals surface area contributed by atoms with Gasteiger partial charge in [-0.15, -0.1) is 0 Å². The quantitative estimate of drug-likeness (QED) is 0.387. The SMILES string of the molecule is C=CC(C)=CCC[P+](c1ccccc1)(c1ccccc1)c1ccccc1. The van der Waals surface area contributed by atoms with Crippen LogP contribution in [0.25, 0.3) is 0 Å². The molecule has 0 fully saturated rings. The molecule has 3 aromatic carbocycles. The molecule has 3 aromatic rings. The second-order valence-corrected chi connectivity index (χ2v) is 10.1. The molecule has 0 atom stereocenters. The Hall–Kier alpha value is -2.43. The highest BCUT2D eigenvalue weighted by atomic mass is 31.2. The zero-order chi connectivity index (χ0) is 18.2. The van der Waals surface area contributed by atoms with E-state index in [2.05, 4.69) is 111 Å². The van der Waals surface area contributed by atoms with Gasteiger partial charge in [0.15, 0.2) is 0 Å². The molecular formula is C25H26P+. The Bertz CT molecular complexity index is 752. The predicted octanol–water partition coefficient (Wildman–Crippen LogP) is 5.50. The first-order valence-corrected chi connectivity index (χ1v) is 11.1. The largest absolute Gasteiger partial charge is 0.112 e. The third-order valence-corrected chi connectivity index (χ3v) is 9.31. The maximum Gasteiger partial charge on any atom is 0.112 e. The fourth-order valence-electron chi connectivity index (χ4n) is 3.45. The Morgan fingerprint density at radius 1 is 0.731 bits per heavy atom. The highest BCUT2D eigenvalue weighted by molar-refractivity contribution is 7.95. The lowest BCUT2D eigenvalue weighted by atomic mass is 10.2. The minimum Gasteiger partial charge on any atom is -0.0988 e. The molecule has 0 unspecified atom stereocenters. The molecule has 0 nitrogen and oxygen atoms in total. The normalized spacial score (nSPS) is 12.0. The maximum atomic E-state index is 3.89. The van der Waals surface area contributed by atoms with Crippen molar-refractivity contribution in [3.63, 3.8) is 0 Å². The van der Waals surface area contributed by atoms with Crippen LogP contribution in [-0.4, -0.2) is 6.16 Å². The summed E-state index contributed by atoms with van der Waals surface area (Å²) in [4.78, 5) is 0. The average Bonchev–Trinajstić information content (AvgIpc) is 2.73. The van der Waals surface area contributed by atoms with Gasteiger partial charge in [0.05, 0.1) is 6.16 Å². The summed E-state index contributed by atoms with van der Waals surface area (Å²) in [7, 11) is -1.70. The molecule has 0 saturated carbocycles. The van der Waals surface area contributed by atoms with Crippen LogP contribution in [0.3, 0.4) is 0 Å². The molecule has 0 aliphatic carbocycles. The van der Waals surface area contributed by atoms with Gasteiger partial charge in [-0.05, 0) is 43.3 Å². The molecular weight excluding hydrogens is 331 g/mol. The van der Waals surface area contributed by atoms with Crippen LogP contribution < -0.4 is 15.9 Å². The average molecular weight is 357 g/mol. The van der Waals surface area contributed by atoms with E-state index >= 15 is 0 Å². The van der Waals surface area contributed by atoms with Crippen molar-refractivity contribution >= 4 is 23.2 Å². The van der Waals surface area contributed by atoms with E-state index in [1.807, 2.05) is 6.08 Å². The second kappa shape index (κ2) is 8.79. The number of benzene rings is 3. The molecule has 0 aliphatic rings. The van der Waals surface area contributed by atoms with Crippen molar-refractivity contribution in [2.24, 2.45) is 0 Å². The first kappa shape index (κ1) is 18.4. The van der Waals surface area contributed by atoms with Crippen LogP contribution in [0.2, 0.25) is 0 Å². The molecule has 0 aliphatic heterocycles. The Balaban J connectivity index is 2.19. The van der Waals surface area contributed by atoms with Gasteiger partial charge in [-0.25, -0.2) is 0 Å². The molecule has 0 saturated heterocycles. The van der Waals surface area contributed by atoms with Gasteiger partial charge in [-0.3, -0.25) is 0 Å². The van der Waals surface area contributed by atoms with E-state index in [1.54, 1.807) is 0 Å². The van der Waals surface area contributed by atoms with Gasteiger partial charge < -0.3 is 0 Å². The van der Waals surface area contributed by atoms with E-state index < -0.39 is 7.26 Å². The van der Waals surface area contributed by atoms with Gasteiger partial charge in [-0.1, -0.05) is 78.9 Å². The topological polar surface area (TPSA) is 0 Å². The summed E-state index contributed by atoms with van der Waals surface area (Å²) in [6.07, 6.45) is 6.42. The van der Waals surface area contributed by atoms with Crippen LogP contribution in [0.1, 0.15) is 13.3 Å². The van der Waals surface area contributed by atoms with Crippen LogP contribution in [0.15, 0.2) is 115 Å². The van der Waals surface area contributed by atoms with E-state index in [4.69, 9.17) is 0 Å². The van der Waals surface area contributed by atoms with E-state index in [-0.39, 0.29) is 0 Å². The molecule has 26 heavy (non-hydrogen) atoms. The van der Waals surface area contributed by atoms with Crippen LogP contribution in [-0.2, 0) is 0 Å². The van der Waals surface area contributed by atoms with Gasteiger partial charge in [0.25, 0.3) is 0 Å². The van der Waals surface area contributed by atoms with Gasteiger partial charge in [0.2, 0.25) is 0 Å². The lowest BCUT2D eigenvalue weighted by Crippen LogP contribution is -2.33.